The van der Waals surface area contributed by atoms with E-state index in [1.165, 1.54) is 6.07 Å². The molecule has 8 heteroatoms. The van der Waals surface area contributed by atoms with E-state index in [9.17, 15) is 18.0 Å². The van der Waals surface area contributed by atoms with Crippen LogP contribution < -0.4 is 15.4 Å². The van der Waals surface area contributed by atoms with E-state index in [4.69, 9.17) is 0 Å². The van der Waals surface area contributed by atoms with E-state index in [1.807, 2.05) is 19.9 Å². The molecule has 2 rings (SSSR count). The van der Waals surface area contributed by atoms with Crippen molar-refractivity contribution in [3.8, 4) is 0 Å². The summed E-state index contributed by atoms with van der Waals surface area (Å²) in [6, 6.07) is 10.6. The van der Waals surface area contributed by atoms with Gasteiger partial charge in [0.1, 0.15) is 6.04 Å². The quantitative estimate of drug-likeness (QED) is 0.614. The molecule has 0 unspecified atom stereocenters. The summed E-state index contributed by atoms with van der Waals surface area (Å²) in [7, 11) is -3.80. The molecule has 0 saturated carbocycles. The van der Waals surface area contributed by atoms with Crippen LogP contribution in [0.1, 0.15) is 41.8 Å². The maximum atomic E-state index is 12.8. The summed E-state index contributed by atoms with van der Waals surface area (Å²) in [4.78, 5) is 24.6. The average Bonchev–Trinajstić information content (AvgIpc) is 2.67. The molecule has 1 atom stereocenters. The molecule has 156 valence electrons. The largest absolute Gasteiger partial charge is 0.354 e. The fraction of sp³-hybridized carbons (Fsp3) is 0.333. The van der Waals surface area contributed by atoms with Gasteiger partial charge in [-0.1, -0.05) is 25.1 Å². The lowest BCUT2D eigenvalue weighted by Gasteiger charge is -2.15. The van der Waals surface area contributed by atoms with Crippen molar-refractivity contribution in [3.05, 3.63) is 59.2 Å². The van der Waals surface area contributed by atoms with Gasteiger partial charge in [0.05, 0.1) is 4.90 Å². The molecule has 3 N–H and O–H groups in total. The number of carbonyl (C=O) groups is 2. The minimum Gasteiger partial charge on any atom is -0.354 e. The molecule has 7 nitrogen and oxygen atoms in total. The van der Waals surface area contributed by atoms with Gasteiger partial charge in [-0.3, -0.25) is 14.3 Å². The van der Waals surface area contributed by atoms with Gasteiger partial charge in [0.15, 0.2) is 0 Å². The molecule has 2 amide bonds. The zero-order chi connectivity index (χ0) is 21.6. The van der Waals surface area contributed by atoms with Crippen LogP contribution in [0.4, 0.5) is 5.69 Å². The predicted octanol–water partition coefficient (Wildman–Crippen LogP) is 2.75. The number of benzene rings is 2. The van der Waals surface area contributed by atoms with Crippen molar-refractivity contribution >= 4 is 27.5 Å². The normalized spacial score (nSPS) is 12.1. The second kappa shape index (κ2) is 9.56. The highest BCUT2D eigenvalue weighted by molar-refractivity contribution is 7.92. The van der Waals surface area contributed by atoms with E-state index < -0.39 is 22.0 Å². The van der Waals surface area contributed by atoms with Gasteiger partial charge in [0.25, 0.3) is 15.9 Å². The van der Waals surface area contributed by atoms with Crippen LogP contribution in [-0.4, -0.2) is 32.8 Å². The Balaban J connectivity index is 2.15. The predicted molar refractivity (Wildman–Crippen MR) is 113 cm³/mol. The Morgan fingerprint density at radius 1 is 1.07 bits per heavy atom. The molecule has 0 fully saturated rings. The third-order valence-electron chi connectivity index (χ3n) is 4.30. The second-order valence-electron chi connectivity index (χ2n) is 6.94. The Morgan fingerprint density at radius 2 is 1.79 bits per heavy atom. The van der Waals surface area contributed by atoms with Crippen LogP contribution in [0.2, 0.25) is 0 Å². The van der Waals surface area contributed by atoms with Crippen LogP contribution in [0.15, 0.2) is 47.4 Å². The van der Waals surface area contributed by atoms with Crippen LogP contribution in [0.25, 0.3) is 0 Å². The van der Waals surface area contributed by atoms with Gasteiger partial charge in [-0.15, -0.1) is 0 Å². The number of aryl methyl sites for hydroxylation is 2. The first-order chi connectivity index (χ1) is 13.6. The molecule has 0 heterocycles. The minimum atomic E-state index is -3.80. The van der Waals surface area contributed by atoms with Crippen molar-refractivity contribution in [1.82, 2.24) is 10.6 Å². The molecular weight excluding hydrogens is 390 g/mol. The zero-order valence-corrected chi connectivity index (χ0v) is 17.9. The molecule has 2 aromatic carbocycles. The summed E-state index contributed by atoms with van der Waals surface area (Å²) < 4.78 is 28.0. The van der Waals surface area contributed by atoms with E-state index in [1.54, 1.807) is 44.2 Å². The minimum absolute atomic E-state index is 0.188. The highest BCUT2D eigenvalue weighted by Crippen LogP contribution is 2.21. The molecule has 0 aliphatic heterocycles. The van der Waals surface area contributed by atoms with Gasteiger partial charge >= 0.3 is 0 Å². The van der Waals surface area contributed by atoms with Crippen LogP contribution in [0.3, 0.4) is 0 Å². The van der Waals surface area contributed by atoms with Crippen LogP contribution >= 0.6 is 0 Å². The first-order valence-electron chi connectivity index (χ1n) is 9.42. The molecule has 0 spiro atoms. The van der Waals surface area contributed by atoms with E-state index in [2.05, 4.69) is 15.4 Å². The smallest absolute Gasteiger partial charge is 0.262 e. The number of amides is 2. The topological polar surface area (TPSA) is 104 Å². The van der Waals surface area contributed by atoms with Crippen molar-refractivity contribution in [2.45, 2.75) is 45.1 Å². The second-order valence-corrected chi connectivity index (χ2v) is 8.59. The standard InChI is InChI=1S/C21H27N3O4S/c1-5-11-22-20(25)16(4)23-21(26)17-7-6-8-18(13-17)24-29(27,28)19-12-14(2)9-10-15(19)3/h6-10,12-13,16,24H,5,11H2,1-4H3,(H,22,25)(H,23,26)/t16-/m1/s1. The maximum Gasteiger partial charge on any atom is 0.262 e. The lowest BCUT2D eigenvalue weighted by molar-refractivity contribution is -0.122. The average molecular weight is 418 g/mol. The van der Waals surface area contributed by atoms with E-state index in [-0.39, 0.29) is 22.1 Å². The van der Waals surface area contributed by atoms with E-state index in [0.29, 0.717) is 12.1 Å². The summed E-state index contributed by atoms with van der Waals surface area (Å²) in [5.74, 6) is -0.732. The number of nitrogens with one attached hydrogen (secondary N) is 3. The number of hydrogen-bond acceptors (Lipinski definition) is 4. The summed E-state index contributed by atoms with van der Waals surface area (Å²) >= 11 is 0. The first-order valence-corrected chi connectivity index (χ1v) is 10.9. The molecule has 0 aliphatic rings. The molecule has 0 radical (unpaired) electrons. The van der Waals surface area contributed by atoms with E-state index in [0.717, 1.165) is 12.0 Å². The Bertz CT molecular complexity index is 1000. The Hall–Kier alpha value is -2.87. The van der Waals surface area contributed by atoms with Gasteiger partial charge in [0, 0.05) is 17.8 Å². The Morgan fingerprint density at radius 3 is 2.48 bits per heavy atom. The van der Waals surface area contributed by atoms with Gasteiger partial charge in [-0.25, -0.2) is 8.42 Å². The number of carbonyl (C=O) groups excluding carboxylic acids is 2. The number of sulfonamides is 1. The van der Waals surface area contributed by atoms with Gasteiger partial charge in [0.2, 0.25) is 5.91 Å². The third kappa shape index (κ3) is 6.05. The SMILES string of the molecule is CCCNC(=O)[C@@H](C)NC(=O)c1cccc(NS(=O)(=O)c2cc(C)ccc2C)c1. The molecule has 0 saturated heterocycles. The molecule has 0 aliphatic carbocycles. The van der Waals surface area contributed by atoms with E-state index >= 15 is 0 Å². The highest BCUT2D eigenvalue weighted by Gasteiger charge is 2.19. The van der Waals surface area contributed by atoms with Crippen LogP contribution in [0.5, 0.6) is 0 Å². The van der Waals surface area contributed by atoms with Crippen molar-refractivity contribution in [1.29, 1.82) is 0 Å². The van der Waals surface area contributed by atoms with Crippen LogP contribution in [-0.2, 0) is 14.8 Å². The monoisotopic (exact) mass is 417 g/mol. The summed E-state index contributed by atoms with van der Waals surface area (Å²) in [5, 5.41) is 5.33. The third-order valence-corrected chi connectivity index (χ3v) is 5.82. The number of rotatable bonds is 8. The van der Waals surface area contributed by atoms with Gasteiger partial charge in [-0.2, -0.15) is 0 Å². The summed E-state index contributed by atoms with van der Waals surface area (Å²) in [5.41, 5.74) is 1.98. The molecule has 0 aromatic heterocycles. The fourth-order valence-electron chi connectivity index (χ4n) is 2.68. The molecule has 0 bridgehead atoms. The zero-order valence-electron chi connectivity index (χ0n) is 17.1. The Kier molecular flexibility index (Phi) is 7.39. The van der Waals surface area contributed by atoms with Crippen molar-refractivity contribution in [2.75, 3.05) is 11.3 Å². The van der Waals surface area contributed by atoms with Gasteiger partial charge < -0.3 is 10.6 Å². The van der Waals surface area contributed by atoms with Crippen LogP contribution in [0, 0.1) is 13.8 Å². The molecule has 29 heavy (non-hydrogen) atoms. The first kappa shape index (κ1) is 22.4. The van der Waals surface area contributed by atoms with Crippen molar-refractivity contribution in [3.63, 3.8) is 0 Å². The lowest BCUT2D eigenvalue weighted by Crippen LogP contribution is -2.45. The maximum absolute atomic E-state index is 12.8. The number of anilines is 1. The molecule has 2 aromatic rings. The van der Waals surface area contributed by atoms with Crippen molar-refractivity contribution in [2.24, 2.45) is 0 Å². The Labute approximate surface area is 172 Å². The summed E-state index contributed by atoms with van der Waals surface area (Å²) in [6.45, 7) is 7.61. The van der Waals surface area contributed by atoms with Gasteiger partial charge in [-0.05, 0) is 62.6 Å². The van der Waals surface area contributed by atoms with Crippen molar-refractivity contribution < 1.29 is 18.0 Å². The summed E-state index contributed by atoms with van der Waals surface area (Å²) in [6.07, 6.45) is 0.801. The highest BCUT2D eigenvalue weighted by atomic mass is 32.2. The number of hydrogen-bond donors (Lipinski definition) is 3. The molecular formula is C21H27N3O4S. The lowest BCUT2D eigenvalue weighted by atomic mass is 10.1. The fourth-order valence-corrected chi connectivity index (χ4v) is 4.06.